The van der Waals surface area contributed by atoms with Gasteiger partial charge < -0.3 is 14.7 Å². The van der Waals surface area contributed by atoms with Crippen molar-refractivity contribution in [1.29, 1.82) is 0 Å². The van der Waals surface area contributed by atoms with Gasteiger partial charge >= 0.3 is 11.8 Å². The predicted molar refractivity (Wildman–Crippen MR) is 106 cm³/mol. The Kier molecular flexibility index (Phi) is 8.23. The van der Waals surface area contributed by atoms with Crippen molar-refractivity contribution in [3.05, 3.63) is 38.2 Å². The van der Waals surface area contributed by atoms with Gasteiger partial charge in [-0.15, -0.1) is 0 Å². The number of nitrogens with zero attached hydrogens (tertiary/aromatic N) is 2. The Balaban J connectivity index is 0.00000190. The fourth-order valence-corrected chi connectivity index (χ4v) is 2.82. The van der Waals surface area contributed by atoms with E-state index >= 15 is 0 Å². The highest BCUT2D eigenvalue weighted by molar-refractivity contribution is 6.32. The number of carbonyl (C=O) groups excluding carboxylic acids is 1. The Morgan fingerprint density at radius 3 is 2.57 bits per heavy atom. The van der Waals surface area contributed by atoms with E-state index in [-0.39, 0.29) is 17.1 Å². The number of amides is 1. The number of ether oxygens (including phenoxy) is 1. The molecule has 1 fully saturated rings. The zero-order chi connectivity index (χ0) is 21.6. The molecule has 156 valence electrons. The maximum absolute atomic E-state index is 14.4. The molecule has 1 amide bonds. The van der Waals surface area contributed by atoms with E-state index in [9.17, 15) is 24.4 Å². The van der Waals surface area contributed by atoms with Crippen LogP contribution in [-0.4, -0.2) is 39.7 Å². The summed E-state index contributed by atoms with van der Waals surface area (Å²) < 4.78 is 19.7. The van der Waals surface area contributed by atoms with Gasteiger partial charge in [0.05, 0.1) is 9.95 Å². The maximum atomic E-state index is 14.4. The molecule has 0 spiro atoms. The highest BCUT2D eigenvalue weighted by Crippen LogP contribution is 2.38. The fourth-order valence-electron chi connectivity index (χ4n) is 2.61. The molecule has 7 nitrogen and oxygen atoms in total. The van der Waals surface area contributed by atoms with E-state index < -0.39 is 33.9 Å². The molecule has 1 aliphatic heterocycles. The van der Waals surface area contributed by atoms with Crippen LogP contribution in [0.1, 0.15) is 53.0 Å². The topological polar surface area (TPSA) is 92.9 Å². The molecule has 0 aliphatic carbocycles. The van der Waals surface area contributed by atoms with Gasteiger partial charge in [0.1, 0.15) is 5.60 Å². The molecule has 0 saturated carbocycles. The summed E-state index contributed by atoms with van der Waals surface area (Å²) in [6, 6.07) is 1.12. The van der Waals surface area contributed by atoms with Crippen LogP contribution in [0.15, 0.2) is 11.6 Å². The number of hydrogen-bond acceptors (Lipinski definition) is 5. The lowest BCUT2D eigenvalue weighted by Gasteiger charge is -2.31. The summed E-state index contributed by atoms with van der Waals surface area (Å²) >= 11 is 5.77. The highest BCUT2D eigenvalue weighted by atomic mass is 35.5. The maximum Gasteiger partial charge on any atom is 0.410 e. The van der Waals surface area contributed by atoms with Crippen LogP contribution < -0.4 is 0 Å². The van der Waals surface area contributed by atoms with Crippen LogP contribution in [0.25, 0.3) is 6.08 Å². The lowest BCUT2D eigenvalue weighted by molar-refractivity contribution is -0.388. The largest absolute Gasteiger partial charge is 0.501 e. The molecular weight excluding hydrogens is 391 g/mol. The number of phenols is 1. The lowest BCUT2D eigenvalue weighted by atomic mass is 10.0. The fraction of sp³-hybridized carbons (Fsp3) is 0.526. The van der Waals surface area contributed by atoms with Gasteiger partial charge in [-0.05, 0) is 45.3 Å². The number of hydrogen-bond donors (Lipinski definition) is 1. The third-order valence-corrected chi connectivity index (χ3v) is 4.00. The number of benzene rings is 1. The van der Waals surface area contributed by atoms with Gasteiger partial charge in [0.2, 0.25) is 11.6 Å². The first-order chi connectivity index (χ1) is 13.0. The Morgan fingerprint density at radius 1 is 1.43 bits per heavy atom. The minimum absolute atomic E-state index is 0.111. The van der Waals surface area contributed by atoms with Crippen molar-refractivity contribution in [3.63, 3.8) is 0 Å². The van der Waals surface area contributed by atoms with Gasteiger partial charge in [-0.25, -0.2) is 4.79 Å². The van der Waals surface area contributed by atoms with E-state index in [0.717, 1.165) is 6.07 Å². The highest BCUT2D eigenvalue weighted by Gasteiger charge is 2.28. The molecule has 2 rings (SSSR count). The molecule has 1 aromatic carbocycles. The molecule has 1 N–H and O–H groups in total. The Morgan fingerprint density at radius 2 is 2.04 bits per heavy atom. The monoisotopic (exact) mass is 416 g/mol. The molecule has 28 heavy (non-hydrogen) atoms. The van der Waals surface area contributed by atoms with Crippen LogP contribution >= 0.6 is 11.6 Å². The average molecular weight is 417 g/mol. The normalized spacial score (nSPS) is 15.7. The van der Waals surface area contributed by atoms with Gasteiger partial charge in [-0.1, -0.05) is 31.5 Å². The van der Waals surface area contributed by atoms with E-state index in [1.54, 1.807) is 20.8 Å². The zero-order valence-electron chi connectivity index (χ0n) is 16.7. The van der Waals surface area contributed by atoms with Gasteiger partial charge in [0.15, 0.2) is 0 Å². The second-order valence-electron chi connectivity index (χ2n) is 7.02. The van der Waals surface area contributed by atoms with E-state index in [1.165, 1.54) is 11.0 Å². The van der Waals surface area contributed by atoms with Crippen molar-refractivity contribution in [2.45, 2.75) is 53.1 Å². The smallest absolute Gasteiger partial charge is 0.410 e. The summed E-state index contributed by atoms with van der Waals surface area (Å²) in [5.41, 5.74) is -1.10. The standard InChI is InChI=1S/C17H20ClFN2O5.C2H6/c1-17(2,3)26-16(23)20-6-4-5-10(9-20)7-11-8-12(18)15(22)14(13(11)19)21(24)25;1-2/h7-8,22H,4-6,9H2,1-3H3;1-2H3/b10-7+;. The van der Waals surface area contributed by atoms with E-state index in [2.05, 4.69) is 0 Å². The first-order valence-corrected chi connectivity index (χ1v) is 9.40. The van der Waals surface area contributed by atoms with Crippen molar-refractivity contribution in [2.75, 3.05) is 13.1 Å². The number of aromatic hydroxyl groups is 1. The molecule has 0 unspecified atom stereocenters. The van der Waals surface area contributed by atoms with Crippen molar-refractivity contribution < 1.29 is 24.0 Å². The minimum atomic E-state index is -1.17. The Bertz CT molecular complexity index is 775. The molecule has 9 heteroatoms. The van der Waals surface area contributed by atoms with Gasteiger partial charge in [0, 0.05) is 18.7 Å². The Labute approximate surface area is 168 Å². The van der Waals surface area contributed by atoms with Crippen LogP contribution in [0.4, 0.5) is 14.9 Å². The summed E-state index contributed by atoms with van der Waals surface area (Å²) in [7, 11) is 0. The molecule has 0 bridgehead atoms. The average Bonchev–Trinajstić information content (AvgIpc) is 2.60. The molecular formula is C19H26ClFN2O5. The van der Waals surface area contributed by atoms with Crippen molar-refractivity contribution in [2.24, 2.45) is 0 Å². The third-order valence-electron chi connectivity index (χ3n) is 3.71. The number of carbonyl (C=O) groups is 1. The summed E-state index contributed by atoms with van der Waals surface area (Å²) in [4.78, 5) is 23.6. The minimum Gasteiger partial charge on any atom is -0.501 e. The SMILES string of the molecule is CC.CC(C)(C)OC(=O)N1CCC/C(=C\c2cc(Cl)c(O)c([N+](=O)[O-])c2F)C1. The van der Waals surface area contributed by atoms with Gasteiger partial charge in [0.25, 0.3) is 0 Å². The lowest BCUT2D eigenvalue weighted by Crippen LogP contribution is -2.40. The van der Waals surface area contributed by atoms with Crippen LogP contribution in [0.5, 0.6) is 5.75 Å². The van der Waals surface area contributed by atoms with Crippen LogP contribution in [0.3, 0.4) is 0 Å². The summed E-state index contributed by atoms with van der Waals surface area (Å²) in [6.45, 7) is 10.0. The number of rotatable bonds is 2. The third kappa shape index (κ3) is 6.09. The molecule has 1 heterocycles. The van der Waals surface area contributed by atoms with E-state index in [1.807, 2.05) is 13.8 Å². The number of nitro benzene ring substituents is 1. The molecule has 1 saturated heterocycles. The van der Waals surface area contributed by atoms with Crippen LogP contribution in [0, 0.1) is 15.9 Å². The quantitative estimate of drug-likeness (QED) is 0.505. The van der Waals surface area contributed by atoms with Crippen LogP contribution in [-0.2, 0) is 4.74 Å². The summed E-state index contributed by atoms with van der Waals surface area (Å²) in [5, 5.41) is 20.3. The van der Waals surface area contributed by atoms with Gasteiger partial charge in [-0.2, -0.15) is 4.39 Å². The van der Waals surface area contributed by atoms with E-state index in [4.69, 9.17) is 16.3 Å². The number of halogens is 2. The van der Waals surface area contributed by atoms with Gasteiger partial charge in [-0.3, -0.25) is 10.1 Å². The Hall–Kier alpha value is -2.35. The van der Waals surface area contributed by atoms with Crippen LogP contribution in [0.2, 0.25) is 5.02 Å². The van der Waals surface area contributed by atoms with Crippen molar-refractivity contribution in [3.8, 4) is 5.75 Å². The predicted octanol–water partition coefficient (Wildman–Crippen LogP) is 5.53. The summed E-state index contributed by atoms with van der Waals surface area (Å²) in [5.74, 6) is -2.07. The summed E-state index contributed by atoms with van der Waals surface area (Å²) in [6.07, 6.45) is 2.20. The van der Waals surface area contributed by atoms with Crippen molar-refractivity contribution in [1.82, 2.24) is 4.90 Å². The van der Waals surface area contributed by atoms with E-state index in [0.29, 0.717) is 25.0 Å². The zero-order valence-corrected chi connectivity index (χ0v) is 17.5. The molecule has 0 atom stereocenters. The first kappa shape index (κ1) is 23.7. The first-order valence-electron chi connectivity index (χ1n) is 9.02. The van der Waals surface area contributed by atoms with Crippen molar-refractivity contribution >= 4 is 29.5 Å². The number of piperidine rings is 1. The molecule has 1 aromatic rings. The molecule has 0 radical (unpaired) electrons. The second kappa shape index (κ2) is 9.73. The number of nitro groups is 1. The number of likely N-dealkylation sites (tertiary alicyclic amines) is 1. The molecule has 0 aromatic heterocycles. The molecule has 1 aliphatic rings. The number of phenolic OH excluding ortho intramolecular Hbond substituents is 1. The second-order valence-corrected chi connectivity index (χ2v) is 7.43.